The minimum absolute atomic E-state index is 0.0738. The summed E-state index contributed by atoms with van der Waals surface area (Å²) in [6, 6.07) is -0.0738. The van der Waals surface area contributed by atoms with Gasteiger partial charge in [0, 0.05) is 19.1 Å². The standard InChI is InChI=1S/C9H18N2O2/c1-7(8(2)10)9(12)11-3-5-13-6-4-11/h7-8H,3-6,10H2,1-2H3. The molecule has 0 aliphatic carbocycles. The van der Waals surface area contributed by atoms with Gasteiger partial charge >= 0.3 is 0 Å². The zero-order chi connectivity index (χ0) is 9.84. The van der Waals surface area contributed by atoms with Crippen LogP contribution < -0.4 is 5.73 Å². The molecule has 0 spiro atoms. The van der Waals surface area contributed by atoms with Gasteiger partial charge in [-0.15, -0.1) is 0 Å². The van der Waals surface area contributed by atoms with Crippen LogP contribution in [0.5, 0.6) is 0 Å². The molecule has 0 aromatic heterocycles. The molecule has 1 aliphatic heterocycles. The van der Waals surface area contributed by atoms with E-state index in [4.69, 9.17) is 10.5 Å². The average molecular weight is 186 g/mol. The number of hydrogen-bond donors (Lipinski definition) is 1. The van der Waals surface area contributed by atoms with E-state index in [1.54, 1.807) is 0 Å². The van der Waals surface area contributed by atoms with Gasteiger partial charge in [-0.2, -0.15) is 0 Å². The van der Waals surface area contributed by atoms with E-state index in [1.165, 1.54) is 0 Å². The van der Waals surface area contributed by atoms with Crippen LogP contribution in [0.15, 0.2) is 0 Å². The highest BCUT2D eigenvalue weighted by Gasteiger charge is 2.24. The maximum atomic E-state index is 11.7. The number of morpholine rings is 1. The van der Waals surface area contributed by atoms with E-state index in [2.05, 4.69) is 0 Å². The van der Waals surface area contributed by atoms with Gasteiger partial charge in [-0.05, 0) is 6.92 Å². The van der Waals surface area contributed by atoms with Crippen LogP contribution in [0.1, 0.15) is 13.8 Å². The first-order chi connectivity index (χ1) is 6.13. The molecule has 1 saturated heterocycles. The second-order valence-corrected chi connectivity index (χ2v) is 3.59. The number of nitrogens with two attached hydrogens (primary N) is 1. The lowest BCUT2D eigenvalue weighted by Crippen LogP contribution is -2.46. The molecule has 4 nitrogen and oxygen atoms in total. The summed E-state index contributed by atoms with van der Waals surface area (Å²) in [5.74, 6) is 0.0661. The van der Waals surface area contributed by atoms with Gasteiger partial charge in [0.15, 0.2) is 0 Å². The van der Waals surface area contributed by atoms with Crippen molar-refractivity contribution < 1.29 is 9.53 Å². The van der Waals surface area contributed by atoms with Gasteiger partial charge in [-0.3, -0.25) is 4.79 Å². The Morgan fingerprint density at radius 3 is 2.38 bits per heavy atom. The summed E-state index contributed by atoms with van der Waals surface area (Å²) in [5.41, 5.74) is 5.66. The molecule has 1 fully saturated rings. The van der Waals surface area contributed by atoms with E-state index in [1.807, 2.05) is 18.7 Å². The van der Waals surface area contributed by atoms with Crippen molar-refractivity contribution in [1.82, 2.24) is 4.90 Å². The van der Waals surface area contributed by atoms with Crippen molar-refractivity contribution in [3.63, 3.8) is 0 Å². The van der Waals surface area contributed by atoms with E-state index in [0.717, 1.165) is 0 Å². The molecule has 0 aromatic carbocycles. The summed E-state index contributed by atoms with van der Waals surface area (Å²) in [4.78, 5) is 13.6. The third kappa shape index (κ3) is 2.67. The van der Waals surface area contributed by atoms with Crippen molar-refractivity contribution in [2.24, 2.45) is 11.7 Å². The topological polar surface area (TPSA) is 55.6 Å². The van der Waals surface area contributed by atoms with Crippen molar-refractivity contribution in [3.8, 4) is 0 Å². The molecule has 1 heterocycles. The number of nitrogens with zero attached hydrogens (tertiary/aromatic N) is 1. The van der Waals surface area contributed by atoms with Crippen LogP contribution in [-0.2, 0) is 9.53 Å². The number of rotatable bonds is 2. The van der Waals surface area contributed by atoms with Crippen molar-refractivity contribution >= 4 is 5.91 Å². The summed E-state index contributed by atoms with van der Waals surface area (Å²) in [6.45, 7) is 6.45. The van der Waals surface area contributed by atoms with Gasteiger partial charge in [0.25, 0.3) is 0 Å². The quantitative estimate of drug-likeness (QED) is 0.651. The van der Waals surface area contributed by atoms with Gasteiger partial charge in [-0.1, -0.05) is 6.92 Å². The van der Waals surface area contributed by atoms with Gasteiger partial charge in [0.05, 0.1) is 19.1 Å². The third-order valence-electron chi connectivity index (χ3n) is 2.50. The normalized spacial score (nSPS) is 22.5. The highest BCUT2D eigenvalue weighted by molar-refractivity contribution is 5.79. The van der Waals surface area contributed by atoms with Gasteiger partial charge in [-0.25, -0.2) is 0 Å². The Bertz CT molecular complexity index is 176. The van der Waals surface area contributed by atoms with E-state index in [-0.39, 0.29) is 17.9 Å². The lowest BCUT2D eigenvalue weighted by molar-refractivity contribution is -0.139. The largest absolute Gasteiger partial charge is 0.378 e. The molecule has 2 unspecified atom stereocenters. The highest BCUT2D eigenvalue weighted by atomic mass is 16.5. The molecular formula is C9H18N2O2. The number of carbonyl (C=O) groups excluding carboxylic acids is 1. The molecule has 2 N–H and O–H groups in total. The molecule has 0 radical (unpaired) electrons. The van der Waals surface area contributed by atoms with Crippen molar-refractivity contribution in [2.75, 3.05) is 26.3 Å². The van der Waals surface area contributed by atoms with Crippen LogP contribution in [0.4, 0.5) is 0 Å². The molecule has 1 aliphatic rings. The fourth-order valence-corrected chi connectivity index (χ4v) is 1.30. The Hall–Kier alpha value is -0.610. The smallest absolute Gasteiger partial charge is 0.227 e. The lowest BCUT2D eigenvalue weighted by Gasteiger charge is -2.30. The van der Waals surface area contributed by atoms with Crippen LogP contribution in [0.2, 0.25) is 0 Å². The predicted octanol–water partition coefficient (Wildman–Crippen LogP) is -0.171. The molecular weight excluding hydrogens is 168 g/mol. The van der Waals surface area contributed by atoms with Crippen molar-refractivity contribution in [1.29, 1.82) is 0 Å². The summed E-state index contributed by atoms with van der Waals surface area (Å²) >= 11 is 0. The average Bonchev–Trinajstić information content (AvgIpc) is 2.17. The van der Waals surface area contributed by atoms with E-state index in [9.17, 15) is 4.79 Å². The highest BCUT2D eigenvalue weighted by Crippen LogP contribution is 2.07. The molecule has 0 saturated carbocycles. The van der Waals surface area contributed by atoms with Gasteiger partial charge < -0.3 is 15.4 Å². The summed E-state index contributed by atoms with van der Waals surface area (Å²) in [7, 11) is 0. The zero-order valence-electron chi connectivity index (χ0n) is 8.32. The lowest BCUT2D eigenvalue weighted by atomic mass is 10.0. The Balaban J connectivity index is 2.45. The van der Waals surface area contributed by atoms with Crippen molar-refractivity contribution in [3.05, 3.63) is 0 Å². The Morgan fingerprint density at radius 2 is 1.92 bits per heavy atom. The molecule has 0 bridgehead atoms. The second-order valence-electron chi connectivity index (χ2n) is 3.59. The monoisotopic (exact) mass is 186 g/mol. The van der Waals surface area contributed by atoms with E-state index in [0.29, 0.717) is 26.3 Å². The minimum atomic E-state index is -0.0851. The molecule has 0 aromatic rings. The first kappa shape index (κ1) is 10.5. The minimum Gasteiger partial charge on any atom is -0.378 e. The number of amides is 1. The number of ether oxygens (including phenoxy) is 1. The molecule has 2 atom stereocenters. The van der Waals surface area contributed by atoms with E-state index < -0.39 is 0 Å². The zero-order valence-corrected chi connectivity index (χ0v) is 8.32. The summed E-state index contributed by atoms with van der Waals surface area (Å²) < 4.78 is 5.16. The molecule has 13 heavy (non-hydrogen) atoms. The molecule has 1 amide bonds. The van der Waals surface area contributed by atoms with Crippen LogP contribution >= 0.6 is 0 Å². The fraction of sp³-hybridized carbons (Fsp3) is 0.889. The second kappa shape index (κ2) is 4.58. The third-order valence-corrected chi connectivity index (χ3v) is 2.50. The molecule has 4 heteroatoms. The number of carbonyl (C=O) groups is 1. The van der Waals surface area contributed by atoms with Crippen LogP contribution in [-0.4, -0.2) is 43.2 Å². The molecule has 76 valence electrons. The summed E-state index contributed by atoms with van der Waals surface area (Å²) in [5, 5.41) is 0. The SMILES string of the molecule is CC(N)C(C)C(=O)N1CCOCC1. The Kier molecular flexibility index (Phi) is 3.69. The van der Waals surface area contributed by atoms with Crippen molar-refractivity contribution in [2.45, 2.75) is 19.9 Å². The first-order valence-electron chi connectivity index (χ1n) is 4.75. The van der Waals surface area contributed by atoms with Gasteiger partial charge in [0.1, 0.15) is 0 Å². The maximum absolute atomic E-state index is 11.7. The summed E-state index contributed by atoms with van der Waals surface area (Å²) in [6.07, 6.45) is 0. The number of hydrogen-bond acceptors (Lipinski definition) is 3. The fourth-order valence-electron chi connectivity index (χ4n) is 1.30. The predicted molar refractivity (Wildman–Crippen MR) is 50.2 cm³/mol. The molecule has 1 rings (SSSR count). The Labute approximate surface area is 79.0 Å². The van der Waals surface area contributed by atoms with Crippen LogP contribution in [0, 0.1) is 5.92 Å². The van der Waals surface area contributed by atoms with Crippen LogP contribution in [0.25, 0.3) is 0 Å². The van der Waals surface area contributed by atoms with Crippen LogP contribution in [0.3, 0.4) is 0 Å². The van der Waals surface area contributed by atoms with E-state index >= 15 is 0 Å². The van der Waals surface area contributed by atoms with Gasteiger partial charge in [0.2, 0.25) is 5.91 Å². The first-order valence-corrected chi connectivity index (χ1v) is 4.75. The maximum Gasteiger partial charge on any atom is 0.227 e. The Morgan fingerprint density at radius 1 is 1.38 bits per heavy atom.